The molecule has 0 atom stereocenters. The van der Waals surface area contributed by atoms with E-state index < -0.39 is 0 Å². The molecule has 0 amide bonds. The average Bonchev–Trinajstić information content (AvgIpc) is 3.35. The lowest BCUT2D eigenvalue weighted by atomic mass is 10.1. The highest BCUT2D eigenvalue weighted by atomic mass is 32.1. The molecule has 0 aliphatic heterocycles. The van der Waals surface area contributed by atoms with Gasteiger partial charge in [0, 0.05) is 27.7 Å². The molecule has 0 aliphatic rings. The molecule has 0 saturated heterocycles. The van der Waals surface area contributed by atoms with Gasteiger partial charge in [0.1, 0.15) is 11.2 Å². The fourth-order valence-electron chi connectivity index (χ4n) is 3.42. The fraction of sp³-hybridized carbons (Fsp3) is 0.304. The van der Waals surface area contributed by atoms with Crippen molar-refractivity contribution in [3.05, 3.63) is 85.4 Å². The van der Waals surface area contributed by atoms with Crippen LogP contribution in [0.4, 0.5) is 0 Å². The van der Waals surface area contributed by atoms with Gasteiger partial charge < -0.3 is 0 Å². The zero-order chi connectivity index (χ0) is 20.2. The van der Waals surface area contributed by atoms with Gasteiger partial charge in [-0.2, -0.15) is 0 Å². The molecule has 4 aromatic rings. The lowest BCUT2D eigenvalue weighted by Crippen LogP contribution is -2.33. The first-order valence-corrected chi connectivity index (χ1v) is 11.5. The number of rotatable bonds is 8. The third-order valence-electron chi connectivity index (χ3n) is 5.00. The van der Waals surface area contributed by atoms with E-state index in [0.29, 0.717) is 6.67 Å². The van der Waals surface area contributed by atoms with Crippen molar-refractivity contribution in [2.75, 3.05) is 6.54 Å². The molecule has 0 N–H and O–H groups in total. The van der Waals surface area contributed by atoms with Crippen LogP contribution in [0.15, 0.2) is 59.7 Å². The number of hydrogen-bond donors (Lipinski definition) is 0. The van der Waals surface area contributed by atoms with Gasteiger partial charge in [0.25, 0.3) is 5.56 Å². The fourth-order valence-corrected chi connectivity index (χ4v) is 5.28. The summed E-state index contributed by atoms with van der Waals surface area (Å²) in [5, 5.41) is 0.740. The van der Waals surface area contributed by atoms with E-state index in [1.165, 1.54) is 20.2 Å². The number of fused-ring (bicyclic) bond motifs is 1. The maximum absolute atomic E-state index is 13.0. The molecule has 6 heteroatoms. The van der Waals surface area contributed by atoms with Crippen molar-refractivity contribution in [3.63, 3.8) is 0 Å². The van der Waals surface area contributed by atoms with Gasteiger partial charge in [0.15, 0.2) is 0 Å². The summed E-state index contributed by atoms with van der Waals surface area (Å²) in [5.74, 6) is 0. The molecule has 29 heavy (non-hydrogen) atoms. The van der Waals surface area contributed by atoms with Crippen LogP contribution >= 0.6 is 22.7 Å². The SMILES string of the molecule is CCc1cc2c(=O)n(CN(CCc3ccccc3)Cc3ccc(C)s3)cnc2s1. The zero-order valence-electron chi connectivity index (χ0n) is 16.8. The van der Waals surface area contributed by atoms with Crippen LogP contribution in [0, 0.1) is 6.92 Å². The van der Waals surface area contributed by atoms with Crippen molar-refractivity contribution in [2.45, 2.75) is 39.9 Å². The second-order valence-electron chi connectivity index (χ2n) is 7.25. The summed E-state index contributed by atoms with van der Waals surface area (Å²) in [6.07, 6.45) is 3.59. The van der Waals surface area contributed by atoms with Crippen LogP contribution in [0.2, 0.25) is 0 Å². The molecule has 4 nitrogen and oxygen atoms in total. The maximum Gasteiger partial charge on any atom is 0.263 e. The molecule has 0 saturated carbocycles. The molecule has 0 spiro atoms. The highest BCUT2D eigenvalue weighted by Crippen LogP contribution is 2.21. The molecule has 0 bridgehead atoms. The Labute approximate surface area is 179 Å². The van der Waals surface area contributed by atoms with Crippen LogP contribution in [0.25, 0.3) is 10.2 Å². The van der Waals surface area contributed by atoms with E-state index in [0.717, 1.165) is 36.1 Å². The Morgan fingerprint density at radius 3 is 2.62 bits per heavy atom. The molecule has 3 aromatic heterocycles. The van der Waals surface area contributed by atoms with Gasteiger partial charge in [-0.25, -0.2) is 4.98 Å². The van der Waals surface area contributed by atoms with Crippen molar-refractivity contribution < 1.29 is 0 Å². The van der Waals surface area contributed by atoms with Crippen molar-refractivity contribution >= 4 is 32.9 Å². The third-order valence-corrected chi connectivity index (χ3v) is 7.18. The van der Waals surface area contributed by atoms with Crippen molar-refractivity contribution in [2.24, 2.45) is 0 Å². The highest BCUT2D eigenvalue weighted by molar-refractivity contribution is 7.18. The Morgan fingerprint density at radius 2 is 1.90 bits per heavy atom. The molecule has 0 aliphatic carbocycles. The second-order valence-corrected chi connectivity index (χ2v) is 9.73. The summed E-state index contributed by atoms with van der Waals surface area (Å²) >= 11 is 3.43. The minimum absolute atomic E-state index is 0.0537. The van der Waals surface area contributed by atoms with Gasteiger partial charge in [0.05, 0.1) is 12.1 Å². The maximum atomic E-state index is 13.0. The Balaban J connectivity index is 1.57. The second kappa shape index (κ2) is 9.03. The summed E-state index contributed by atoms with van der Waals surface area (Å²) in [4.78, 5) is 24.6. The van der Waals surface area contributed by atoms with E-state index in [1.54, 1.807) is 22.2 Å². The van der Waals surface area contributed by atoms with Crippen LogP contribution in [-0.2, 0) is 26.1 Å². The zero-order valence-corrected chi connectivity index (χ0v) is 18.4. The number of thiophene rings is 2. The first kappa shape index (κ1) is 20.0. The Hall–Kier alpha value is -2.28. The van der Waals surface area contributed by atoms with Crippen molar-refractivity contribution in [3.8, 4) is 0 Å². The molecule has 4 rings (SSSR count). The minimum Gasteiger partial charge on any atom is -0.285 e. The van der Waals surface area contributed by atoms with E-state index in [9.17, 15) is 4.79 Å². The number of aromatic nitrogens is 2. The summed E-state index contributed by atoms with van der Waals surface area (Å²) in [6.45, 7) is 6.50. The van der Waals surface area contributed by atoms with Crippen LogP contribution in [-0.4, -0.2) is 21.0 Å². The Bertz CT molecular complexity index is 1140. The highest BCUT2D eigenvalue weighted by Gasteiger charge is 2.13. The third kappa shape index (κ3) is 4.83. The molecule has 0 unspecified atom stereocenters. The largest absolute Gasteiger partial charge is 0.285 e. The van der Waals surface area contributed by atoms with Crippen molar-refractivity contribution in [1.29, 1.82) is 0 Å². The summed E-state index contributed by atoms with van der Waals surface area (Å²) in [6, 6.07) is 16.9. The molecular formula is C23H25N3OS2. The molecule has 150 valence electrons. The number of nitrogens with zero attached hydrogens (tertiary/aromatic N) is 3. The first-order valence-electron chi connectivity index (χ1n) is 9.92. The Kier molecular flexibility index (Phi) is 6.23. The van der Waals surface area contributed by atoms with E-state index in [1.807, 2.05) is 23.5 Å². The van der Waals surface area contributed by atoms with Gasteiger partial charge in [-0.3, -0.25) is 14.3 Å². The van der Waals surface area contributed by atoms with E-state index in [4.69, 9.17) is 0 Å². The summed E-state index contributed by atoms with van der Waals surface area (Å²) in [5.41, 5.74) is 1.37. The number of aryl methyl sites for hydroxylation is 2. The minimum atomic E-state index is 0.0537. The van der Waals surface area contributed by atoms with E-state index in [-0.39, 0.29) is 5.56 Å². The van der Waals surface area contributed by atoms with Gasteiger partial charge in [0.2, 0.25) is 0 Å². The molecule has 3 heterocycles. The van der Waals surface area contributed by atoms with Gasteiger partial charge in [-0.15, -0.1) is 22.7 Å². The monoisotopic (exact) mass is 423 g/mol. The van der Waals surface area contributed by atoms with Crippen LogP contribution in [0.3, 0.4) is 0 Å². The quantitative estimate of drug-likeness (QED) is 0.396. The predicted octanol–water partition coefficient (Wildman–Crippen LogP) is 5.09. The Morgan fingerprint density at radius 1 is 1.07 bits per heavy atom. The molecular weight excluding hydrogens is 398 g/mol. The average molecular weight is 424 g/mol. The normalized spacial score (nSPS) is 11.6. The van der Waals surface area contributed by atoms with Crippen LogP contribution < -0.4 is 5.56 Å². The number of benzene rings is 1. The lowest BCUT2D eigenvalue weighted by Gasteiger charge is -2.22. The number of hydrogen-bond acceptors (Lipinski definition) is 5. The smallest absolute Gasteiger partial charge is 0.263 e. The van der Waals surface area contributed by atoms with Crippen LogP contribution in [0.1, 0.15) is 27.1 Å². The van der Waals surface area contributed by atoms with Crippen molar-refractivity contribution in [1.82, 2.24) is 14.5 Å². The van der Waals surface area contributed by atoms with Gasteiger partial charge >= 0.3 is 0 Å². The summed E-state index contributed by atoms with van der Waals surface area (Å²) < 4.78 is 1.75. The van der Waals surface area contributed by atoms with Gasteiger partial charge in [-0.1, -0.05) is 37.3 Å². The first-order chi connectivity index (χ1) is 14.1. The topological polar surface area (TPSA) is 38.1 Å². The van der Waals surface area contributed by atoms with Gasteiger partial charge in [-0.05, 0) is 43.5 Å². The molecule has 0 fully saturated rings. The molecule has 0 radical (unpaired) electrons. The predicted molar refractivity (Wildman–Crippen MR) is 123 cm³/mol. The standard InChI is InChI=1S/C23H25N3OS2/c1-3-19-13-21-22(29-19)24-15-26(23(21)27)16-25(14-20-10-9-17(2)28-20)12-11-18-7-5-4-6-8-18/h4-10,13,15H,3,11-12,14,16H2,1-2H3. The van der Waals surface area contributed by atoms with E-state index in [2.05, 4.69) is 60.1 Å². The van der Waals surface area contributed by atoms with E-state index >= 15 is 0 Å². The van der Waals surface area contributed by atoms with Crippen LogP contribution in [0.5, 0.6) is 0 Å². The lowest BCUT2D eigenvalue weighted by molar-refractivity contribution is 0.210. The summed E-state index contributed by atoms with van der Waals surface area (Å²) in [7, 11) is 0. The molecule has 1 aromatic carbocycles.